The van der Waals surface area contributed by atoms with Gasteiger partial charge in [0.2, 0.25) is 0 Å². The number of hydrogen-bond acceptors (Lipinski definition) is 7. The van der Waals surface area contributed by atoms with Crippen LogP contribution in [-0.4, -0.2) is 63.7 Å². The maximum atomic E-state index is 11.6. The summed E-state index contributed by atoms with van der Waals surface area (Å²) in [5.41, 5.74) is 1.32. The first-order valence-corrected chi connectivity index (χ1v) is 13.4. The second kappa shape index (κ2) is 11.7. The SMILES string of the molecule is COc1ccc(C(OC[C@@H]2O[C@H](n3ccc(=O)nc3[Se])CC2O)(c2ccccc2)c2ccc(OC)cc2)cc1. The summed E-state index contributed by atoms with van der Waals surface area (Å²) in [6.07, 6.45) is 0.0510. The molecule has 8 nitrogen and oxygen atoms in total. The van der Waals surface area contributed by atoms with Crippen LogP contribution in [0.1, 0.15) is 29.3 Å². The minimum absolute atomic E-state index is 0.0982. The number of nitrogens with zero attached hydrogens (tertiary/aromatic N) is 2. The van der Waals surface area contributed by atoms with E-state index in [1.165, 1.54) is 6.07 Å². The van der Waals surface area contributed by atoms with Crippen LogP contribution in [0, 0.1) is 0 Å². The third kappa shape index (κ3) is 5.50. The first-order valence-electron chi connectivity index (χ1n) is 12.5. The number of rotatable bonds is 9. The van der Waals surface area contributed by atoms with Crippen LogP contribution < -0.4 is 19.8 Å². The van der Waals surface area contributed by atoms with Gasteiger partial charge in [-0.05, 0) is 0 Å². The summed E-state index contributed by atoms with van der Waals surface area (Å²) in [4.78, 5) is 15.6. The first-order chi connectivity index (χ1) is 18.9. The average molecular weight is 593 g/mol. The fourth-order valence-corrected chi connectivity index (χ4v) is 5.50. The summed E-state index contributed by atoms with van der Waals surface area (Å²) in [5.74, 6) is 1.46. The van der Waals surface area contributed by atoms with Gasteiger partial charge in [-0.2, -0.15) is 0 Å². The van der Waals surface area contributed by atoms with Crippen LogP contribution in [0.4, 0.5) is 0 Å². The van der Waals surface area contributed by atoms with Gasteiger partial charge in [-0.25, -0.2) is 0 Å². The van der Waals surface area contributed by atoms with Crippen molar-refractivity contribution in [1.82, 2.24) is 9.55 Å². The minimum atomic E-state index is -1.02. The Morgan fingerprint density at radius 3 is 2.03 bits per heavy atom. The molecule has 3 aromatic carbocycles. The zero-order chi connectivity index (χ0) is 27.4. The molecule has 2 heterocycles. The van der Waals surface area contributed by atoms with E-state index in [2.05, 4.69) is 21.0 Å². The van der Waals surface area contributed by atoms with Gasteiger partial charge in [0.25, 0.3) is 0 Å². The molecule has 0 aliphatic carbocycles. The van der Waals surface area contributed by atoms with E-state index in [1.807, 2.05) is 78.9 Å². The number of benzene rings is 3. The van der Waals surface area contributed by atoms with Crippen LogP contribution in [-0.2, 0) is 15.1 Å². The maximum absolute atomic E-state index is 11.6. The van der Waals surface area contributed by atoms with Crippen LogP contribution >= 0.6 is 0 Å². The van der Waals surface area contributed by atoms with E-state index < -0.39 is 24.0 Å². The van der Waals surface area contributed by atoms with Gasteiger partial charge in [-0.15, -0.1) is 0 Å². The predicted molar refractivity (Wildman–Crippen MR) is 147 cm³/mol. The van der Waals surface area contributed by atoms with Gasteiger partial charge in [0.15, 0.2) is 0 Å². The van der Waals surface area contributed by atoms with Gasteiger partial charge >= 0.3 is 212 Å². The van der Waals surface area contributed by atoms with Crippen molar-refractivity contribution in [1.29, 1.82) is 0 Å². The van der Waals surface area contributed by atoms with Gasteiger partial charge in [0, 0.05) is 0 Å². The normalized spacial score (nSPS) is 19.1. The summed E-state index contributed by atoms with van der Waals surface area (Å²) in [6.45, 7) is 0.0982. The van der Waals surface area contributed by atoms with Crippen LogP contribution in [0.15, 0.2) is 95.9 Å². The van der Waals surface area contributed by atoms with E-state index in [9.17, 15) is 9.90 Å². The molecule has 4 aromatic rings. The van der Waals surface area contributed by atoms with Gasteiger partial charge < -0.3 is 9.47 Å². The molecule has 3 atom stereocenters. The number of aliphatic hydroxyl groups is 1. The number of aliphatic hydroxyl groups excluding tert-OH is 1. The molecule has 0 saturated carbocycles. The molecule has 1 N–H and O–H groups in total. The Labute approximate surface area is 235 Å². The van der Waals surface area contributed by atoms with E-state index in [0.29, 0.717) is 11.1 Å². The molecule has 0 amide bonds. The van der Waals surface area contributed by atoms with Crippen LogP contribution in [0.5, 0.6) is 11.5 Å². The zero-order valence-electron chi connectivity index (χ0n) is 21.6. The summed E-state index contributed by atoms with van der Waals surface area (Å²) in [5, 5.41) is 11.0. The molecule has 1 fully saturated rings. The Kier molecular flexibility index (Phi) is 8.16. The molecule has 0 spiro atoms. The molecule has 201 valence electrons. The number of methoxy groups -OCH3 is 2. The van der Waals surface area contributed by atoms with Crippen LogP contribution in [0.2, 0.25) is 0 Å². The Bertz CT molecular complexity index is 1400. The van der Waals surface area contributed by atoms with Crippen molar-refractivity contribution in [2.24, 2.45) is 0 Å². The quantitative estimate of drug-likeness (QED) is 0.236. The van der Waals surface area contributed by atoms with E-state index >= 15 is 0 Å². The molecule has 1 aromatic heterocycles. The van der Waals surface area contributed by atoms with Crippen molar-refractivity contribution in [2.75, 3.05) is 20.8 Å². The Morgan fingerprint density at radius 2 is 1.49 bits per heavy atom. The molecule has 1 radical (unpaired) electrons. The fourth-order valence-electron chi connectivity index (χ4n) is 4.93. The zero-order valence-corrected chi connectivity index (χ0v) is 23.3. The molecule has 1 aliphatic heterocycles. The second-order valence-corrected chi connectivity index (χ2v) is 9.97. The van der Waals surface area contributed by atoms with E-state index in [4.69, 9.17) is 18.9 Å². The number of ether oxygens (including phenoxy) is 4. The Hall–Kier alpha value is -3.46. The van der Waals surface area contributed by atoms with E-state index in [0.717, 1.165) is 28.2 Å². The van der Waals surface area contributed by atoms with Gasteiger partial charge in [0.1, 0.15) is 0 Å². The van der Waals surface area contributed by atoms with Crippen molar-refractivity contribution in [3.8, 4) is 11.5 Å². The third-order valence-corrected chi connectivity index (χ3v) is 7.59. The third-order valence-electron chi connectivity index (χ3n) is 6.96. The van der Waals surface area contributed by atoms with Crippen molar-refractivity contribution in [3.63, 3.8) is 0 Å². The fraction of sp³-hybridized carbons (Fsp3) is 0.267. The van der Waals surface area contributed by atoms with Crippen molar-refractivity contribution < 1.29 is 24.1 Å². The molecule has 39 heavy (non-hydrogen) atoms. The number of hydrogen-bond donors (Lipinski definition) is 1. The summed E-state index contributed by atoms with van der Waals surface area (Å²) in [6, 6.07) is 26.9. The predicted octanol–water partition coefficient (Wildman–Crippen LogP) is 2.71. The average Bonchev–Trinajstić information content (AvgIpc) is 3.34. The second-order valence-electron chi connectivity index (χ2n) is 9.20. The summed E-state index contributed by atoms with van der Waals surface area (Å²) < 4.78 is 26.0. The molecular weight excluding hydrogens is 563 g/mol. The Morgan fingerprint density at radius 1 is 0.923 bits per heavy atom. The van der Waals surface area contributed by atoms with Crippen molar-refractivity contribution in [2.45, 2.75) is 30.5 Å². The van der Waals surface area contributed by atoms with E-state index in [1.54, 1.807) is 25.0 Å². The van der Waals surface area contributed by atoms with Crippen molar-refractivity contribution in [3.05, 3.63) is 118 Å². The van der Waals surface area contributed by atoms with Gasteiger partial charge in [-0.3, -0.25) is 0 Å². The van der Waals surface area contributed by atoms with Crippen LogP contribution in [0.3, 0.4) is 0 Å². The molecule has 1 aliphatic rings. The summed E-state index contributed by atoms with van der Waals surface area (Å²) >= 11 is 2.80. The number of aromatic nitrogens is 2. The Balaban J connectivity index is 1.53. The van der Waals surface area contributed by atoms with Gasteiger partial charge in [0.05, 0.1) is 14.2 Å². The van der Waals surface area contributed by atoms with Crippen molar-refractivity contribution >= 4 is 20.7 Å². The topological polar surface area (TPSA) is 92.0 Å². The molecule has 0 bridgehead atoms. The molecule has 9 heteroatoms. The summed E-state index contributed by atoms with van der Waals surface area (Å²) in [7, 11) is 3.26. The van der Waals surface area contributed by atoms with Gasteiger partial charge in [-0.1, -0.05) is 0 Å². The van der Waals surface area contributed by atoms with Crippen LogP contribution in [0.25, 0.3) is 0 Å². The molecule has 1 saturated heterocycles. The molecule has 5 rings (SSSR count). The van der Waals surface area contributed by atoms with E-state index in [-0.39, 0.29) is 12.2 Å². The first kappa shape index (κ1) is 27.1. The molecule has 1 unspecified atom stereocenters. The monoisotopic (exact) mass is 593 g/mol. The standard InChI is InChI=1S/C30H29N2O6Se/c1-35-23-12-8-21(9-13-23)30(20-6-4-3-5-7-20,22-10-14-24(36-2)15-11-22)37-19-26-25(33)18-28(38-26)32-17-16-27(34)31-29(32)39/h3-17,25-26,28,33H,18-19H2,1-2H3/t25?,26-,28-/m0/s1. The molecular formula is C30H29N2O6Se.